The standard InChI is InChI=1S/C22H22N4O3S/c27-20(28)4-2-1-3-19-21-18(12-30-19)23-22(29)26(21)15-8-5-13(6-9-15)16-10-7-14-11-17(16)25-24-14/h5-11,18-19,21H,1-4,12H2,(H,23,29)(H,27,28)/t18-,19-,21-/m1/s1. The Balaban J connectivity index is 1.33. The van der Waals surface area contributed by atoms with Gasteiger partial charge in [-0.15, -0.1) is 5.11 Å². The number of hydrogen-bond donors (Lipinski definition) is 2. The Labute approximate surface area is 178 Å². The van der Waals surface area contributed by atoms with Gasteiger partial charge in [0.15, 0.2) is 0 Å². The third kappa shape index (κ3) is 3.45. The van der Waals surface area contributed by atoms with Gasteiger partial charge >= 0.3 is 12.0 Å². The third-order valence-corrected chi connectivity index (χ3v) is 7.44. The van der Waals surface area contributed by atoms with E-state index in [1.165, 1.54) is 0 Å². The summed E-state index contributed by atoms with van der Waals surface area (Å²) >= 11 is 1.88. The van der Waals surface area contributed by atoms with Crippen LogP contribution in [0.5, 0.6) is 0 Å². The Bertz CT molecular complexity index is 1020. The van der Waals surface area contributed by atoms with Crippen LogP contribution in [0.2, 0.25) is 0 Å². The number of benzene rings is 2. The minimum absolute atomic E-state index is 0.0506. The molecular formula is C22H22N4O3S. The second-order valence-electron chi connectivity index (χ2n) is 7.88. The van der Waals surface area contributed by atoms with E-state index in [0.717, 1.165) is 46.8 Å². The van der Waals surface area contributed by atoms with Crippen LogP contribution in [0.3, 0.4) is 0 Å². The van der Waals surface area contributed by atoms with Crippen molar-refractivity contribution in [2.24, 2.45) is 10.2 Å². The molecule has 3 atom stereocenters. The second-order valence-corrected chi connectivity index (χ2v) is 9.15. The minimum Gasteiger partial charge on any atom is -0.481 e. The van der Waals surface area contributed by atoms with Crippen molar-refractivity contribution in [2.45, 2.75) is 43.0 Å². The monoisotopic (exact) mass is 422 g/mol. The Morgan fingerprint density at radius 2 is 2.00 bits per heavy atom. The van der Waals surface area contributed by atoms with Crippen LogP contribution in [0.4, 0.5) is 21.9 Å². The van der Waals surface area contributed by atoms with E-state index in [2.05, 4.69) is 15.5 Å². The maximum absolute atomic E-state index is 12.7. The van der Waals surface area contributed by atoms with E-state index in [4.69, 9.17) is 5.11 Å². The molecule has 0 radical (unpaired) electrons. The number of urea groups is 1. The van der Waals surface area contributed by atoms with Crippen LogP contribution in [-0.2, 0) is 4.79 Å². The molecule has 30 heavy (non-hydrogen) atoms. The van der Waals surface area contributed by atoms with E-state index in [1.54, 1.807) is 0 Å². The fraction of sp³-hybridized carbons (Fsp3) is 0.364. The Hall–Kier alpha value is -2.87. The van der Waals surface area contributed by atoms with Gasteiger partial charge in [-0.25, -0.2) is 4.79 Å². The first-order valence-corrected chi connectivity index (χ1v) is 11.2. The van der Waals surface area contributed by atoms with Gasteiger partial charge in [0, 0.05) is 28.7 Å². The Morgan fingerprint density at radius 1 is 1.17 bits per heavy atom. The highest BCUT2D eigenvalue weighted by atomic mass is 32.2. The number of rotatable bonds is 7. The van der Waals surface area contributed by atoms with Crippen molar-refractivity contribution in [3.05, 3.63) is 42.5 Å². The number of anilines is 1. The van der Waals surface area contributed by atoms with Crippen LogP contribution in [0, 0.1) is 0 Å². The fourth-order valence-electron chi connectivity index (χ4n) is 4.51. The average molecular weight is 423 g/mol. The van der Waals surface area contributed by atoms with Crippen LogP contribution >= 0.6 is 11.8 Å². The Kier molecular flexibility index (Phi) is 4.94. The molecule has 0 unspecified atom stereocenters. The van der Waals surface area contributed by atoms with E-state index in [-0.39, 0.29) is 24.5 Å². The summed E-state index contributed by atoms with van der Waals surface area (Å²) in [6.07, 6.45) is 2.67. The number of thioether (sulfide) groups is 1. The molecular weight excluding hydrogens is 400 g/mol. The van der Waals surface area contributed by atoms with E-state index in [9.17, 15) is 9.59 Å². The Morgan fingerprint density at radius 3 is 2.80 bits per heavy atom. The summed E-state index contributed by atoms with van der Waals surface area (Å²) < 4.78 is 0. The summed E-state index contributed by atoms with van der Waals surface area (Å²) in [5, 5.41) is 20.6. The van der Waals surface area contributed by atoms with Crippen molar-refractivity contribution in [1.29, 1.82) is 0 Å². The number of fused-ring (bicyclic) bond motifs is 3. The maximum Gasteiger partial charge on any atom is 0.322 e. The first-order valence-electron chi connectivity index (χ1n) is 10.2. The molecule has 0 spiro atoms. The number of azo groups is 1. The lowest BCUT2D eigenvalue weighted by Crippen LogP contribution is -2.41. The minimum atomic E-state index is -0.749. The molecule has 2 N–H and O–H groups in total. The lowest BCUT2D eigenvalue weighted by atomic mass is 10.00. The smallest absolute Gasteiger partial charge is 0.322 e. The molecule has 3 heterocycles. The summed E-state index contributed by atoms with van der Waals surface area (Å²) in [5.74, 6) is 0.149. The third-order valence-electron chi connectivity index (χ3n) is 5.95. The average Bonchev–Trinajstić information content (AvgIpc) is 3.39. The zero-order valence-corrected chi connectivity index (χ0v) is 17.1. The van der Waals surface area contributed by atoms with E-state index < -0.39 is 5.97 Å². The quantitative estimate of drug-likeness (QED) is 0.409. The van der Waals surface area contributed by atoms with Crippen LogP contribution in [-0.4, -0.2) is 40.2 Å². The maximum atomic E-state index is 12.7. The molecule has 3 aliphatic rings. The molecule has 2 aromatic carbocycles. The molecule has 2 aromatic rings. The predicted molar refractivity (Wildman–Crippen MR) is 117 cm³/mol. The SMILES string of the molecule is O=C(O)CCCC[C@H]1SC[C@H]2NC(=O)N(c3ccc(-c4ccc5cc4N=N5)cc3)[C@H]21. The summed E-state index contributed by atoms with van der Waals surface area (Å²) in [4.78, 5) is 25.4. The summed E-state index contributed by atoms with van der Waals surface area (Å²) in [5.41, 5.74) is 4.70. The van der Waals surface area contributed by atoms with Crippen molar-refractivity contribution in [1.82, 2.24) is 5.32 Å². The first kappa shape index (κ1) is 19.1. The zero-order chi connectivity index (χ0) is 20.7. The highest BCUT2D eigenvalue weighted by molar-refractivity contribution is 8.00. The normalized spacial score (nSPS) is 23.7. The topological polar surface area (TPSA) is 94.4 Å². The lowest BCUT2D eigenvalue weighted by molar-refractivity contribution is -0.137. The largest absolute Gasteiger partial charge is 0.481 e. The highest BCUT2D eigenvalue weighted by Gasteiger charge is 2.48. The number of carboxylic acids is 1. The number of unbranched alkanes of at least 4 members (excludes halogenated alkanes) is 1. The molecule has 0 saturated carbocycles. The lowest BCUT2D eigenvalue weighted by Gasteiger charge is -2.27. The second kappa shape index (κ2) is 7.75. The van der Waals surface area contributed by atoms with Crippen LogP contribution in [0.1, 0.15) is 25.7 Å². The van der Waals surface area contributed by atoms with Crippen molar-refractivity contribution in [3.63, 3.8) is 0 Å². The van der Waals surface area contributed by atoms with Crippen molar-refractivity contribution >= 4 is 40.8 Å². The number of hydrogen-bond acceptors (Lipinski definition) is 5. The molecule has 2 amide bonds. The summed E-state index contributed by atoms with van der Waals surface area (Å²) in [6.45, 7) is 0. The zero-order valence-electron chi connectivity index (χ0n) is 16.3. The van der Waals surface area contributed by atoms with Gasteiger partial charge in [-0.3, -0.25) is 9.69 Å². The number of nitrogens with zero attached hydrogens (tertiary/aromatic N) is 3. The molecule has 2 bridgehead atoms. The molecule has 2 saturated heterocycles. The van der Waals surface area contributed by atoms with Gasteiger partial charge in [0.25, 0.3) is 0 Å². The molecule has 3 aliphatic heterocycles. The summed E-state index contributed by atoms with van der Waals surface area (Å²) in [6, 6.07) is 14.2. The van der Waals surface area contributed by atoms with Gasteiger partial charge in [0.1, 0.15) is 0 Å². The number of amides is 2. The molecule has 154 valence electrons. The highest BCUT2D eigenvalue weighted by Crippen LogP contribution is 2.42. The van der Waals surface area contributed by atoms with Crippen LogP contribution in [0.15, 0.2) is 52.7 Å². The van der Waals surface area contributed by atoms with E-state index >= 15 is 0 Å². The van der Waals surface area contributed by atoms with Gasteiger partial charge < -0.3 is 10.4 Å². The van der Waals surface area contributed by atoms with Crippen LogP contribution < -0.4 is 10.2 Å². The van der Waals surface area contributed by atoms with Gasteiger partial charge in [-0.2, -0.15) is 16.9 Å². The van der Waals surface area contributed by atoms with E-state index in [1.807, 2.05) is 59.1 Å². The van der Waals surface area contributed by atoms with Gasteiger partial charge in [0.2, 0.25) is 0 Å². The molecule has 8 heteroatoms. The fourth-order valence-corrected chi connectivity index (χ4v) is 6.08. The number of carbonyl (C=O) groups is 2. The number of carboxylic acid groups (broad SMARTS) is 1. The predicted octanol–water partition coefficient (Wildman–Crippen LogP) is 5.11. The van der Waals surface area contributed by atoms with Gasteiger partial charge in [0.05, 0.1) is 23.5 Å². The number of nitrogens with one attached hydrogen (secondary N) is 1. The molecule has 7 nitrogen and oxygen atoms in total. The first-order chi connectivity index (χ1) is 14.6. The summed E-state index contributed by atoms with van der Waals surface area (Å²) in [7, 11) is 0. The molecule has 0 aliphatic carbocycles. The number of carbonyl (C=O) groups excluding carboxylic acids is 1. The van der Waals surface area contributed by atoms with Gasteiger partial charge in [-0.1, -0.05) is 18.6 Å². The molecule has 0 aromatic heterocycles. The van der Waals surface area contributed by atoms with Crippen molar-refractivity contribution in [3.8, 4) is 11.1 Å². The van der Waals surface area contributed by atoms with E-state index in [0.29, 0.717) is 11.7 Å². The van der Waals surface area contributed by atoms with Crippen molar-refractivity contribution < 1.29 is 14.7 Å². The molecule has 2 fully saturated rings. The van der Waals surface area contributed by atoms with Crippen LogP contribution in [0.25, 0.3) is 11.1 Å². The molecule has 5 rings (SSSR count). The van der Waals surface area contributed by atoms with Gasteiger partial charge in [-0.05, 0) is 48.7 Å². The number of aliphatic carboxylic acids is 1. The van der Waals surface area contributed by atoms with Crippen molar-refractivity contribution in [2.75, 3.05) is 10.7 Å².